The van der Waals surface area contributed by atoms with Crippen molar-refractivity contribution in [2.24, 2.45) is 4.99 Å². The topological polar surface area (TPSA) is 54.9 Å². The van der Waals surface area contributed by atoms with Gasteiger partial charge in [0.2, 0.25) is 0 Å². The number of benzene rings is 2. The van der Waals surface area contributed by atoms with Crippen molar-refractivity contribution in [3.8, 4) is 11.5 Å². The van der Waals surface area contributed by atoms with E-state index in [0.29, 0.717) is 35.9 Å². The Hall–Kier alpha value is -1.55. The Morgan fingerprint density at radius 3 is 2.65 bits per heavy atom. The molecule has 3 rings (SSSR count). The third-order valence-corrected chi connectivity index (χ3v) is 4.32. The summed E-state index contributed by atoms with van der Waals surface area (Å²) >= 11 is 3.15. The molecular weight excluding hydrogens is 516 g/mol. The lowest BCUT2D eigenvalue weighted by Gasteiger charge is -2.14. The van der Waals surface area contributed by atoms with Crippen LogP contribution in [0.15, 0.2) is 45.9 Å². The minimum absolute atomic E-state index is 0. The highest BCUT2D eigenvalue weighted by Gasteiger charge is 2.11. The summed E-state index contributed by atoms with van der Waals surface area (Å²) in [6.45, 7) is 1.75. The summed E-state index contributed by atoms with van der Waals surface area (Å²) in [7, 11) is 1.68. The zero-order valence-electron chi connectivity index (χ0n) is 14.2. The van der Waals surface area contributed by atoms with Crippen molar-refractivity contribution in [3.05, 3.63) is 52.3 Å². The molecule has 140 valence electrons. The maximum atomic E-state index is 13.6. The maximum Gasteiger partial charge on any atom is 0.195 e. The number of rotatable bonds is 3. The summed E-state index contributed by atoms with van der Waals surface area (Å²) in [6, 6.07) is 10.7. The molecule has 0 aliphatic carbocycles. The van der Waals surface area contributed by atoms with Gasteiger partial charge in [-0.2, -0.15) is 0 Å². The van der Waals surface area contributed by atoms with Crippen LogP contribution in [0.2, 0.25) is 0 Å². The molecule has 0 unspecified atom stereocenters. The largest absolute Gasteiger partial charge is 0.490 e. The summed E-state index contributed by atoms with van der Waals surface area (Å²) < 4.78 is 25.3. The highest BCUT2D eigenvalue weighted by molar-refractivity contribution is 14.0. The van der Waals surface area contributed by atoms with Gasteiger partial charge in [-0.1, -0.05) is 6.07 Å². The van der Waals surface area contributed by atoms with Gasteiger partial charge in [-0.25, -0.2) is 4.39 Å². The smallest absolute Gasteiger partial charge is 0.195 e. The highest BCUT2D eigenvalue weighted by Crippen LogP contribution is 2.32. The van der Waals surface area contributed by atoms with Crippen LogP contribution >= 0.6 is 39.9 Å². The molecule has 5 nitrogen and oxygen atoms in total. The van der Waals surface area contributed by atoms with Gasteiger partial charge in [0.25, 0.3) is 0 Å². The Bertz CT molecular complexity index is 789. The van der Waals surface area contributed by atoms with E-state index in [1.807, 2.05) is 24.3 Å². The number of halogens is 3. The summed E-state index contributed by atoms with van der Waals surface area (Å²) in [5.41, 5.74) is 1.65. The average Bonchev–Trinajstić information content (AvgIpc) is 2.86. The third-order valence-electron chi connectivity index (χ3n) is 3.68. The van der Waals surface area contributed by atoms with Crippen LogP contribution in [-0.4, -0.2) is 26.2 Å². The maximum absolute atomic E-state index is 13.6. The van der Waals surface area contributed by atoms with E-state index in [-0.39, 0.29) is 29.8 Å². The minimum Gasteiger partial charge on any atom is -0.490 e. The molecule has 8 heteroatoms. The molecule has 0 radical (unpaired) electrons. The van der Waals surface area contributed by atoms with Gasteiger partial charge in [-0.05, 0) is 45.8 Å². The summed E-state index contributed by atoms with van der Waals surface area (Å²) in [5.74, 6) is 1.76. The first-order valence-corrected chi connectivity index (χ1v) is 8.76. The van der Waals surface area contributed by atoms with Crippen LogP contribution in [0.25, 0.3) is 0 Å². The van der Waals surface area contributed by atoms with Crippen molar-refractivity contribution in [2.45, 2.75) is 13.0 Å². The predicted molar refractivity (Wildman–Crippen MR) is 115 cm³/mol. The van der Waals surface area contributed by atoms with Gasteiger partial charge in [-0.3, -0.25) is 4.99 Å². The molecule has 0 saturated heterocycles. The highest BCUT2D eigenvalue weighted by atomic mass is 127. The van der Waals surface area contributed by atoms with E-state index in [4.69, 9.17) is 9.47 Å². The lowest BCUT2D eigenvalue weighted by molar-refractivity contribution is 0.297. The van der Waals surface area contributed by atoms with Crippen LogP contribution in [-0.2, 0) is 6.54 Å². The number of hydrogen-bond donors (Lipinski definition) is 2. The Morgan fingerprint density at radius 2 is 1.92 bits per heavy atom. The minimum atomic E-state index is -0.287. The van der Waals surface area contributed by atoms with Gasteiger partial charge >= 0.3 is 0 Å². The molecule has 0 spiro atoms. The molecule has 1 aliphatic rings. The second-order valence-corrected chi connectivity index (χ2v) is 6.37. The van der Waals surface area contributed by atoms with E-state index in [1.54, 1.807) is 13.1 Å². The predicted octanol–water partition coefficient (Wildman–Crippen LogP) is 4.56. The molecular formula is C18H20BrFIN3O2. The first-order chi connectivity index (χ1) is 12.2. The number of fused-ring (bicyclic) bond motifs is 1. The fraction of sp³-hybridized carbons (Fsp3) is 0.278. The van der Waals surface area contributed by atoms with E-state index in [1.165, 1.54) is 6.07 Å². The lowest BCUT2D eigenvalue weighted by Crippen LogP contribution is -2.30. The fourth-order valence-electron chi connectivity index (χ4n) is 2.39. The van der Waals surface area contributed by atoms with Gasteiger partial charge in [0.15, 0.2) is 17.5 Å². The first-order valence-electron chi connectivity index (χ1n) is 7.97. The number of nitrogens with zero attached hydrogens (tertiary/aromatic N) is 1. The van der Waals surface area contributed by atoms with Crippen molar-refractivity contribution in [1.29, 1.82) is 0 Å². The van der Waals surface area contributed by atoms with Crippen molar-refractivity contribution in [2.75, 3.05) is 25.6 Å². The Labute approximate surface area is 177 Å². The Kier molecular flexibility index (Phi) is 7.95. The standard InChI is InChI=1S/C18H19BrFN3O2.HI/c1-21-18(22-11-12-3-5-14(19)15(20)9-12)23-13-4-6-16-17(10-13)25-8-2-7-24-16;/h3-6,9-10H,2,7-8,11H2,1H3,(H2,21,22,23);1H. The van der Waals surface area contributed by atoms with Crippen LogP contribution in [0.1, 0.15) is 12.0 Å². The number of hydrogen-bond acceptors (Lipinski definition) is 3. The number of ether oxygens (including phenoxy) is 2. The molecule has 0 atom stereocenters. The second-order valence-electron chi connectivity index (χ2n) is 5.51. The first kappa shape index (κ1) is 20.8. The molecule has 0 aromatic heterocycles. The van der Waals surface area contributed by atoms with Crippen molar-refractivity contribution in [3.63, 3.8) is 0 Å². The molecule has 0 saturated carbocycles. The van der Waals surface area contributed by atoms with Crippen LogP contribution in [0, 0.1) is 5.82 Å². The normalized spacial score (nSPS) is 13.4. The molecule has 0 fully saturated rings. The molecule has 1 heterocycles. The van der Waals surface area contributed by atoms with Gasteiger partial charge in [0, 0.05) is 31.8 Å². The molecule has 2 aromatic rings. The number of anilines is 1. The molecule has 2 N–H and O–H groups in total. The van der Waals surface area contributed by atoms with Gasteiger partial charge < -0.3 is 20.1 Å². The summed E-state index contributed by atoms with van der Waals surface area (Å²) in [5, 5.41) is 6.35. The van der Waals surface area contributed by atoms with Crippen molar-refractivity contribution in [1.82, 2.24) is 5.32 Å². The Balaban J connectivity index is 0.00000243. The van der Waals surface area contributed by atoms with Crippen LogP contribution in [0.4, 0.5) is 10.1 Å². The lowest BCUT2D eigenvalue weighted by atomic mass is 10.2. The van der Waals surface area contributed by atoms with E-state index in [0.717, 1.165) is 23.4 Å². The van der Waals surface area contributed by atoms with E-state index < -0.39 is 0 Å². The Morgan fingerprint density at radius 1 is 1.15 bits per heavy atom. The molecule has 0 amide bonds. The van der Waals surface area contributed by atoms with E-state index in [2.05, 4.69) is 31.6 Å². The van der Waals surface area contributed by atoms with Crippen molar-refractivity contribution >= 4 is 51.6 Å². The zero-order chi connectivity index (χ0) is 17.6. The molecule has 0 bridgehead atoms. The second kappa shape index (κ2) is 9.96. The van der Waals surface area contributed by atoms with E-state index >= 15 is 0 Å². The summed E-state index contributed by atoms with van der Waals surface area (Å²) in [6.07, 6.45) is 0.865. The monoisotopic (exact) mass is 535 g/mol. The SMILES string of the molecule is CN=C(NCc1ccc(Br)c(F)c1)Nc1ccc2c(c1)OCCCO2.I. The van der Waals surface area contributed by atoms with Crippen LogP contribution in [0.3, 0.4) is 0 Å². The molecule has 26 heavy (non-hydrogen) atoms. The number of guanidine groups is 1. The molecule has 2 aromatic carbocycles. The van der Waals surface area contributed by atoms with E-state index in [9.17, 15) is 4.39 Å². The fourth-order valence-corrected chi connectivity index (χ4v) is 2.64. The van der Waals surface area contributed by atoms with Crippen LogP contribution in [0.5, 0.6) is 11.5 Å². The third kappa shape index (κ3) is 5.47. The zero-order valence-corrected chi connectivity index (χ0v) is 18.1. The van der Waals surface area contributed by atoms with Crippen LogP contribution < -0.4 is 20.1 Å². The van der Waals surface area contributed by atoms with Gasteiger partial charge in [-0.15, -0.1) is 24.0 Å². The van der Waals surface area contributed by atoms with Crippen molar-refractivity contribution < 1.29 is 13.9 Å². The number of nitrogens with one attached hydrogen (secondary N) is 2. The van der Waals surface area contributed by atoms with Gasteiger partial charge in [0.05, 0.1) is 17.7 Å². The average molecular weight is 536 g/mol. The molecule has 1 aliphatic heterocycles. The van der Waals surface area contributed by atoms with Gasteiger partial charge in [0.1, 0.15) is 5.82 Å². The quantitative estimate of drug-likeness (QED) is 0.344. The number of aliphatic imine (C=N–C) groups is 1. The summed E-state index contributed by atoms with van der Waals surface area (Å²) in [4.78, 5) is 4.19.